The molecule has 0 N–H and O–H groups in total. The number of rotatable bonds is 16. The molecule has 1 saturated heterocycles. The Morgan fingerprint density at radius 3 is 2.06 bits per heavy atom. The molecule has 0 unspecified atom stereocenters. The molecule has 2 fully saturated rings. The predicted molar refractivity (Wildman–Crippen MR) is 237 cm³/mol. The van der Waals surface area contributed by atoms with Crippen LogP contribution < -0.4 is 9.80 Å². The molecule has 0 spiro atoms. The third-order valence-electron chi connectivity index (χ3n) is 11.7. The second-order valence-corrected chi connectivity index (χ2v) is 15.9. The van der Waals surface area contributed by atoms with Crippen molar-refractivity contribution in [2.45, 2.75) is 51.5 Å². The Kier molecular flexibility index (Phi) is 13.3. The Morgan fingerprint density at radius 2 is 1.44 bits per heavy atom. The molecular weight excluding hydrogens is 800 g/mol. The maximum atomic E-state index is 16.1. The van der Waals surface area contributed by atoms with Crippen molar-refractivity contribution in [1.29, 1.82) is 0 Å². The fourth-order valence-electron chi connectivity index (χ4n) is 8.17. The van der Waals surface area contributed by atoms with E-state index in [0.717, 1.165) is 35.2 Å². The van der Waals surface area contributed by atoms with Gasteiger partial charge < -0.3 is 28.9 Å². The number of hydrogen-bond donors (Lipinski definition) is 0. The van der Waals surface area contributed by atoms with E-state index in [9.17, 15) is 19.2 Å². The van der Waals surface area contributed by atoms with Crippen molar-refractivity contribution in [3.05, 3.63) is 178 Å². The molecule has 4 aromatic carbocycles. The van der Waals surface area contributed by atoms with Gasteiger partial charge in [-0.05, 0) is 61.1 Å². The van der Waals surface area contributed by atoms with Crippen LogP contribution in [0.4, 0.5) is 15.8 Å². The molecule has 4 aliphatic rings. The van der Waals surface area contributed by atoms with Crippen LogP contribution in [0.15, 0.2) is 150 Å². The molecule has 320 valence electrons. The fourth-order valence-corrected chi connectivity index (χ4v) is 8.17. The number of hydrogen-bond acceptors (Lipinski definition) is 11. The molecule has 0 aromatic heterocycles. The van der Waals surface area contributed by atoms with Gasteiger partial charge in [0, 0.05) is 50.2 Å². The number of nitrogens with zero attached hydrogens (tertiary/aromatic N) is 4. The number of ether oxygens (including phenoxy) is 3. The first kappa shape index (κ1) is 42.5. The highest BCUT2D eigenvalue weighted by molar-refractivity contribution is 6.16. The van der Waals surface area contributed by atoms with Gasteiger partial charge in [0.1, 0.15) is 43.1 Å². The van der Waals surface area contributed by atoms with Crippen molar-refractivity contribution in [2.24, 2.45) is 0 Å². The number of esters is 1. The van der Waals surface area contributed by atoms with Crippen LogP contribution in [0.3, 0.4) is 0 Å². The van der Waals surface area contributed by atoms with E-state index in [1.165, 1.54) is 6.07 Å². The van der Waals surface area contributed by atoms with Gasteiger partial charge in [-0.15, -0.1) is 0 Å². The van der Waals surface area contributed by atoms with Gasteiger partial charge in [0.2, 0.25) is 0 Å². The maximum absolute atomic E-state index is 16.1. The smallest absolute Gasteiger partial charge is 0.341 e. The quantitative estimate of drug-likeness (QED) is 0.0652. The molecule has 0 radical (unpaired) electrons. The second-order valence-electron chi connectivity index (χ2n) is 15.9. The number of anilines is 2. The summed E-state index contributed by atoms with van der Waals surface area (Å²) < 4.78 is 34.1. The third kappa shape index (κ3) is 9.97. The highest BCUT2D eigenvalue weighted by atomic mass is 19.1. The molecule has 12 heteroatoms. The number of allylic oxidation sites excluding steroid dienone is 2. The summed E-state index contributed by atoms with van der Waals surface area (Å²) in [7, 11) is 0. The van der Waals surface area contributed by atoms with Crippen molar-refractivity contribution in [1.82, 2.24) is 9.80 Å². The van der Waals surface area contributed by atoms with Crippen molar-refractivity contribution in [3.8, 4) is 0 Å². The van der Waals surface area contributed by atoms with Gasteiger partial charge >= 0.3 is 5.97 Å². The molecule has 63 heavy (non-hydrogen) atoms. The van der Waals surface area contributed by atoms with Gasteiger partial charge in [-0.2, -0.15) is 0 Å². The lowest BCUT2D eigenvalue weighted by atomic mass is 9.93. The number of fused-ring (bicyclic) bond motifs is 1. The molecular formula is C51H47FN4O7. The normalized spacial score (nSPS) is 16.7. The van der Waals surface area contributed by atoms with Crippen LogP contribution in [-0.4, -0.2) is 85.0 Å². The molecule has 4 aromatic rings. The van der Waals surface area contributed by atoms with Crippen LogP contribution in [0, 0.1) is 5.82 Å². The fraction of sp³-hybridized carbons (Fsp3) is 0.275. The van der Waals surface area contributed by atoms with Crippen LogP contribution >= 0.6 is 0 Å². The number of carbonyl (C=O) groups excluding carboxylic acids is 4. The number of piperazine rings is 1. The molecule has 1 saturated carbocycles. The Hall–Kier alpha value is -7.19. The Labute approximate surface area is 365 Å². The van der Waals surface area contributed by atoms with Gasteiger partial charge in [0.15, 0.2) is 17.5 Å². The third-order valence-corrected chi connectivity index (χ3v) is 11.7. The van der Waals surface area contributed by atoms with Crippen LogP contribution in [-0.2, 0) is 53.0 Å². The van der Waals surface area contributed by atoms with E-state index in [2.05, 4.69) is 4.90 Å². The SMILES string of the molecule is CC1=C(OCc2ccccc2)C(=C=O)C=CN1[C@@H](COC(=C=O)CN1CCN(c2cc3c(cc2F)C(=C=O)C(C(=O)OCc2ccccc2)=CN3C2CC2)CC1)Cc1ccccc1. The molecule has 1 atom stereocenters. The summed E-state index contributed by atoms with van der Waals surface area (Å²) in [5, 5.41) is 0. The number of halogens is 1. The topological polar surface area (TPSA) is 109 Å². The highest BCUT2D eigenvalue weighted by Gasteiger charge is 2.38. The number of carbonyl (C=O) groups is 1. The summed E-state index contributed by atoms with van der Waals surface area (Å²) in [5.41, 5.74) is 5.20. The summed E-state index contributed by atoms with van der Waals surface area (Å²) in [6, 6.07) is 31.8. The summed E-state index contributed by atoms with van der Waals surface area (Å²) in [6.07, 6.45) is 7.50. The molecule has 0 amide bonds. The van der Waals surface area contributed by atoms with Crippen molar-refractivity contribution < 1.29 is 37.8 Å². The second kappa shape index (κ2) is 19.7. The summed E-state index contributed by atoms with van der Waals surface area (Å²) in [4.78, 5) is 58.0. The lowest BCUT2D eigenvalue weighted by molar-refractivity contribution is -0.139. The molecule has 11 nitrogen and oxygen atoms in total. The van der Waals surface area contributed by atoms with Gasteiger partial charge in [-0.3, -0.25) is 4.90 Å². The van der Waals surface area contributed by atoms with Gasteiger partial charge in [0.25, 0.3) is 0 Å². The standard InChI is InChI=1S/C51H47FN4O7/c1-36-50(62-33-38-13-7-3-8-14-38)40(30-57)19-20-55(36)42(25-37-11-5-2-6-12-37)35-61-43(31-58)28-53-21-23-54(24-22-53)49-27-48-44(26-47(49)52)46(32-59)45(29-56(48)41-17-18-41)51(60)63-34-39-15-9-4-10-16-39/h2-16,19-20,26-27,29,41-42H,17-18,21-25,28,33-35H2,1H3/t42-/m1/s1. The molecule has 3 aliphatic heterocycles. The largest absolute Gasteiger partial charge is 0.486 e. The van der Waals surface area contributed by atoms with E-state index >= 15 is 4.39 Å². The molecule has 8 rings (SSSR count). The Bertz CT molecular complexity index is 2560. The lowest BCUT2D eigenvalue weighted by Gasteiger charge is -2.38. The van der Waals surface area contributed by atoms with Crippen LogP contribution in [0.5, 0.6) is 0 Å². The molecule has 1 aliphatic carbocycles. The van der Waals surface area contributed by atoms with E-state index in [1.54, 1.807) is 18.3 Å². The summed E-state index contributed by atoms with van der Waals surface area (Å²) in [5.74, 6) is 5.31. The minimum atomic E-state index is -0.673. The minimum absolute atomic E-state index is 0.0312. The van der Waals surface area contributed by atoms with Crippen LogP contribution in [0.25, 0.3) is 5.57 Å². The van der Waals surface area contributed by atoms with Crippen molar-refractivity contribution in [2.75, 3.05) is 49.1 Å². The van der Waals surface area contributed by atoms with Gasteiger partial charge in [-0.25, -0.2) is 23.6 Å². The summed E-state index contributed by atoms with van der Waals surface area (Å²) in [6.45, 7) is 4.51. The zero-order valence-corrected chi connectivity index (χ0v) is 35.0. The lowest BCUT2D eigenvalue weighted by Crippen LogP contribution is -2.47. The van der Waals surface area contributed by atoms with Crippen molar-refractivity contribution in [3.63, 3.8) is 0 Å². The molecule has 3 heterocycles. The van der Waals surface area contributed by atoms with E-state index in [-0.39, 0.29) is 55.4 Å². The minimum Gasteiger partial charge on any atom is -0.486 e. The Balaban J connectivity index is 0.925. The number of benzene rings is 4. The Morgan fingerprint density at radius 1 is 0.794 bits per heavy atom. The first-order valence-electron chi connectivity index (χ1n) is 21.1. The van der Waals surface area contributed by atoms with Crippen LogP contribution in [0.1, 0.15) is 42.0 Å². The van der Waals surface area contributed by atoms with Crippen LogP contribution in [0.2, 0.25) is 0 Å². The highest BCUT2D eigenvalue weighted by Crippen LogP contribution is 2.45. The molecule has 0 bridgehead atoms. The summed E-state index contributed by atoms with van der Waals surface area (Å²) >= 11 is 0. The van der Waals surface area contributed by atoms with E-state index in [0.29, 0.717) is 60.9 Å². The first-order valence-corrected chi connectivity index (χ1v) is 21.1. The average molecular weight is 847 g/mol. The first-order chi connectivity index (χ1) is 30.8. The van der Waals surface area contributed by atoms with Crippen molar-refractivity contribution >= 4 is 40.7 Å². The zero-order chi connectivity index (χ0) is 43.7. The predicted octanol–water partition coefficient (Wildman–Crippen LogP) is 7.15. The average Bonchev–Trinajstić information content (AvgIpc) is 4.17. The van der Waals surface area contributed by atoms with E-state index < -0.39 is 11.8 Å². The zero-order valence-electron chi connectivity index (χ0n) is 35.0. The van der Waals surface area contributed by atoms with E-state index in [1.807, 2.05) is 137 Å². The van der Waals surface area contributed by atoms with Gasteiger partial charge in [-0.1, -0.05) is 91.0 Å². The maximum Gasteiger partial charge on any atom is 0.341 e. The van der Waals surface area contributed by atoms with E-state index in [4.69, 9.17) is 14.2 Å². The monoisotopic (exact) mass is 846 g/mol. The van der Waals surface area contributed by atoms with Gasteiger partial charge in [0.05, 0.1) is 40.8 Å².